The van der Waals surface area contributed by atoms with Crippen molar-refractivity contribution in [3.8, 4) is 0 Å². The zero-order chi connectivity index (χ0) is 16.0. The third kappa shape index (κ3) is 4.42. The van der Waals surface area contributed by atoms with Crippen LogP contribution >= 0.6 is 11.6 Å². The highest BCUT2D eigenvalue weighted by atomic mass is 35.5. The van der Waals surface area contributed by atoms with Gasteiger partial charge in [-0.25, -0.2) is 4.79 Å². The molecule has 0 aliphatic heterocycles. The Labute approximate surface area is 127 Å². The molecule has 8 heteroatoms. The topological polar surface area (TPSA) is 87.1 Å². The summed E-state index contributed by atoms with van der Waals surface area (Å²) in [7, 11) is 0. The van der Waals surface area contributed by atoms with E-state index in [2.05, 4.69) is 0 Å². The van der Waals surface area contributed by atoms with E-state index in [0.29, 0.717) is 25.3 Å². The molecule has 0 aliphatic carbocycles. The van der Waals surface area contributed by atoms with Gasteiger partial charge >= 0.3 is 16.9 Å². The molecule has 118 valence electrons. The third-order valence-electron chi connectivity index (χ3n) is 3.33. The molecule has 1 unspecified atom stereocenters. The Bertz CT molecular complexity index is 608. The van der Waals surface area contributed by atoms with Gasteiger partial charge in [0, 0.05) is 19.0 Å². The standard InChI is InChI=1S/C13H20ClN3O4/c1-3-7-15-9-11(17(20)21)12(18)16(13(15)19)8-5-10(2)4-6-14/h9-10H,3-8H2,1-2H3. The zero-order valence-corrected chi connectivity index (χ0v) is 13.0. The van der Waals surface area contributed by atoms with Gasteiger partial charge in [-0.15, -0.1) is 11.6 Å². The number of halogens is 1. The summed E-state index contributed by atoms with van der Waals surface area (Å²) in [5.74, 6) is 0.748. The van der Waals surface area contributed by atoms with E-state index in [9.17, 15) is 19.7 Å². The Balaban J connectivity index is 3.19. The van der Waals surface area contributed by atoms with E-state index < -0.39 is 21.9 Å². The lowest BCUT2D eigenvalue weighted by molar-refractivity contribution is -0.387. The smallest absolute Gasteiger partial charge is 0.293 e. The Morgan fingerprint density at radius 2 is 2.00 bits per heavy atom. The maximum absolute atomic E-state index is 12.2. The monoisotopic (exact) mass is 317 g/mol. The molecule has 1 rings (SSSR count). The highest BCUT2D eigenvalue weighted by molar-refractivity contribution is 6.17. The Kier molecular flexibility index (Phi) is 6.61. The lowest BCUT2D eigenvalue weighted by Crippen LogP contribution is -2.40. The maximum atomic E-state index is 12.2. The molecule has 21 heavy (non-hydrogen) atoms. The first kappa shape index (κ1) is 17.4. The van der Waals surface area contributed by atoms with Crippen LogP contribution in [-0.2, 0) is 13.1 Å². The van der Waals surface area contributed by atoms with Crippen molar-refractivity contribution < 1.29 is 4.92 Å². The van der Waals surface area contributed by atoms with Crippen LogP contribution in [0.25, 0.3) is 0 Å². The van der Waals surface area contributed by atoms with Crippen molar-refractivity contribution in [3.05, 3.63) is 37.1 Å². The zero-order valence-electron chi connectivity index (χ0n) is 12.2. The highest BCUT2D eigenvalue weighted by Crippen LogP contribution is 2.09. The fraction of sp³-hybridized carbons (Fsp3) is 0.692. The van der Waals surface area contributed by atoms with Crippen molar-refractivity contribution >= 4 is 17.3 Å². The van der Waals surface area contributed by atoms with Crippen LogP contribution in [0.2, 0.25) is 0 Å². The number of aromatic nitrogens is 2. The van der Waals surface area contributed by atoms with Gasteiger partial charge in [-0.1, -0.05) is 13.8 Å². The number of nitro groups is 1. The molecule has 7 nitrogen and oxygen atoms in total. The fourth-order valence-electron chi connectivity index (χ4n) is 2.04. The summed E-state index contributed by atoms with van der Waals surface area (Å²) in [5, 5.41) is 10.9. The van der Waals surface area contributed by atoms with Gasteiger partial charge in [0.25, 0.3) is 0 Å². The van der Waals surface area contributed by atoms with Crippen molar-refractivity contribution in [2.75, 3.05) is 5.88 Å². The van der Waals surface area contributed by atoms with Gasteiger partial charge in [-0.3, -0.25) is 24.0 Å². The second kappa shape index (κ2) is 7.97. The first-order chi connectivity index (χ1) is 9.92. The molecule has 0 fully saturated rings. The van der Waals surface area contributed by atoms with Gasteiger partial charge < -0.3 is 0 Å². The maximum Gasteiger partial charge on any atom is 0.350 e. The summed E-state index contributed by atoms with van der Waals surface area (Å²) in [4.78, 5) is 34.4. The molecule has 0 aliphatic rings. The van der Waals surface area contributed by atoms with Crippen molar-refractivity contribution in [3.63, 3.8) is 0 Å². The molecule has 0 bridgehead atoms. The SMILES string of the molecule is CCCn1cc([N+](=O)[O-])c(=O)n(CCC(C)CCCl)c1=O. The van der Waals surface area contributed by atoms with Gasteiger partial charge in [-0.2, -0.15) is 0 Å². The summed E-state index contributed by atoms with van der Waals surface area (Å²) in [6, 6.07) is 0. The first-order valence-electron chi connectivity index (χ1n) is 6.97. The molecule has 0 radical (unpaired) electrons. The molecule has 0 N–H and O–H groups in total. The van der Waals surface area contributed by atoms with Crippen molar-refractivity contribution in [2.24, 2.45) is 5.92 Å². The third-order valence-corrected chi connectivity index (χ3v) is 3.55. The van der Waals surface area contributed by atoms with Gasteiger partial charge in [0.15, 0.2) is 0 Å². The van der Waals surface area contributed by atoms with Crippen LogP contribution in [0, 0.1) is 16.0 Å². The molecule has 0 saturated heterocycles. The van der Waals surface area contributed by atoms with Crippen LogP contribution in [0.5, 0.6) is 0 Å². The second-order valence-electron chi connectivity index (χ2n) is 5.08. The van der Waals surface area contributed by atoms with E-state index in [4.69, 9.17) is 11.6 Å². The second-order valence-corrected chi connectivity index (χ2v) is 5.45. The molecule has 1 heterocycles. The number of nitrogens with zero attached hydrogens (tertiary/aromatic N) is 3. The van der Waals surface area contributed by atoms with Crippen molar-refractivity contribution in [1.82, 2.24) is 9.13 Å². The fourth-order valence-corrected chi connectivity index (χ4v) is 2.41. The molecular weight excluding hydrogens is 298 g/mol. The minimum Gasteiger partial charge on any atom is -0.293 e. The molecular formula is C13H20ClN3O4. The quantitative estimate of drug-likeness (QED) is 0.417. The van der Waals surface area contributed by atoms with Crippen LogP contribution in [-0.4, -0.2) is 19.9 Å². The molecule has 0 amide bonds. The Hall–Kier alpha value is -1.63. The lowest BCUT2D eigenvalue weighted by Gasteiger charge is -2.12. The van der Waals surface area contributed by atoms with E-state index >= 15 is 0 Å². The molecule has 1 aromatic heterocycles. The van der Waals surface area contributed by atoms with Gasteiger partial charge in [0.05, 0.1) is 11.1 Å². The van der Waals surface area contributed by atoms with Crippen molar-refractivity contribution in [1.29, 1.82) is 0 Å². The average Bonchev–Trinajstić information content (AvgIpc) is 2.41. The number of hydrogen-bond acceptors (Lipinski definition) is 4. The van der Waals surface area contributed by atoms with Crippen LogP contribution in [0.15, 0.2) is 15.8 Å². The van der Waals surface area contributed by atoms with Crippen LogP contribution in [0.3, 0.4) is 0 Å². The number of aryl methyl sites for hydroxylation is 1. The predicted molar refractivity (Wildman–Crippen MR) is 81.0 cm³/mol. The van der Waals surface area contributed by atoms with E-state index in [-0.39, 0.29) is 12.5 Å². The number of hydrogen-bond donors (Lipinski definition) is 0. The highest BCUT2D eigenvalue weighted by Gasteiger charge is 2.19. The van der Waals surface area contributed by atoms with E-state index in [1.165, 1.54) is 4.57 Å². The lowest BCUT2D eigenvalue weighted by atomic mass is 10.1. The largest absolute Gasteiger partial charge is 0.350 e. The minimum atomic E-state index is -0.838. The summed E-state index contributed by atoms with van der Waals surface area (Å²) < 4.78 is 2.18. The van der Waals surface area contributed by atoms with Gasteiger partial charge in [0.1, 0.15) is 0 Å². The minimum absolute atomic E-state index is 0.168. The van der Waals surface area contributed by atoms with Crippen LogP contribution < -0.4 is 11.2 Å². The number of alkyl halides is 1. The summed E-state index contributed by atoms with van der Waals surface area (Å²) in [5.41, 5.74) is -1.89. The van der Waals surface area contributed by atoms with E-state index in [0.717, 1.165) is 17.2 Å². The predicted octanol–water partition coefficient (Wildman–Crippen LogP) is 1.98. The molecule has 0 spiro atoms. The van der Waals surface area contributed by atoms with E-state index in [1.807, 2.05) is 13.8 Å². The molecule has 1 atom stereocenters. The Morgan fingerprint density at radius 3 is 2.52 bits per heavy atom. The van der Waals surface area contributed by atoms with Crippen LogP contribution in [0.4, 0.5) is 5.69 Å². The van der Waals surface area contributed by atoms with Gasteiger partial charge in [0.2, 0.25) is 0 Å². The molecule has 0 aromatic carbocycles. The normalized spacial score (nSPS) is 12.3. The molecule has 1 aromatic rings. The van der Waals surface area contributed by atoms with E-state index in [1.54, 1.807) is 0 Å². The first-order valence-corrected chi connectivity index (χ1v) is 7.50. The molecule has 0 saturated carbocycles. The number of rotatable bonds is 8. The summed E-state index contributed by atoms with van der Waals surface area (Å²) >= 11 is 5.65. The van der Waals surface area contributed by atoms with Crippen LogP contribution in [0.1, 0.15) is 33.1 Å². The Morgan fingerprint density at radius 1 is 1.33 bits per heavy atom. The summed E-state index contributed by atoms with van der Waals surface area (Å²) in [6.45, 7) is 4.34. The van der Waals surface area contributed by atoms with Gasteiger partial charge in [-0.05, 0) is 25.2 Å². The summed E-state index contributed by atoms with van der Waals surface area (Å²) in [6.07, 6.45) is 3.04. The van der Waals surface area contributed by atoms with Crippen molar-refractivity contribution in [2.45, 2.75) is 46.2 Å². The average molecular weight is 318 g/mol.